The van der Waals surface area contributed by atoms with Gasteiger partial charge >= 0.3 is 0 Å². The third-order valence-electron chi connectivity index (χ3n) is 5.36. The molecule has 3 aromatic rings. The fourth-order valence-electron chi connectivity index (χ4n) is 3.75. The molecule has 6 heteroatoms. The van der Waals surface area contributed by atoms with E-state index in [1.165, 1.54) is 37.1 Å². The Hall–Kier alpha value is -2.18. The van der Waals surface area contributed by atoms with Crippen LogP contribution >= 0.6 is 11.8 Å². The van der Waals surface area contributed by atoms with Crippen LogP contribution in [0.3, 0.4) is 0 Å². The molecule has 146 valence electrons. The van der Waals surface area contributed by atoms with E-state index in [1.54, 1.807) is 23.9 Å². The molecular weight excluding hydrogens is 371 g/mol. The average molecular weight is 397 g/mol. The second-order valence-electron chi connectivity index (χ2n) is 7.30. The fraction of sp³-hybridized carbons (Fsp3) is 0.364. The van der Waals surface area contributed by atoms with Crippen molar-refractivity contribution in [3.05, 3.63) is 66.0 Å². The van der Waals surface area contributed by atoms with Crippen LogP contribution in [0.25, 0.3) is 11.4 Å². The van der Waals surface area contributed by atoms with Crippen LogP contribution in [0.15, 0.2) is 59.8 Å². The molecule has 0 N–H and O–H groups in total. The van der Waals surface area contributed by atoms with Gasteiger partial charge in [0, 0.05) is 17.4 Å². The molecule has 1 aromatic heterocycles. The maximum Gasteiger partial charge on any atom is 0.191 e. The number of thioether (sulfide) groups is 1. The Bertz CT molecular complexity index is 895. The second kappa shape index (κ2) is 8.88. The van der Waals surface area contributed by atoms with Gasteiger partial charge in [-0.25, -0.2) is 4.39 Å². The van der Waals surface area contributed by atoms with E-state index in [9.17, 15) is 4.39 Å². The van der Waals surface area contributed by atoms with E-state index in [0.29, 0.717) is 12.6 Å². The van der Waals surface area contributed by atoms with Gasteiger partial charge in [-0.3, -0.25) is 4.57 Å². The first kappa shape index (κ1) is 19.2. The number of aromatic nitrogens is 3. The highest BCUT2D eigenvalue weighted by Crippen LogP contribution is 2.27. The van der Waals surface area contributed by atoms with Crippen molar-refractivity contribution in [1.29, 1.82) is 0 Å². The summed E-state index contributed by atoms with van der Waals surface area (Å²) in [6.07, 6.45) is 3.74. The van der Waals surface area contributed by atoms with Crippen LogP contribution in [-0.4, -0.2) is 45.1 Å². The van der Waals surface area contributed by atoms with E-state index < -0.39 is 0 Å². The summed E-state index contributed by atoms with van der Waals surface area (Å²) in [7, 11) is 2.22. The maximum atomic E-state index is 13.4. The SMILES string of the molecule is CN1CCCC1CCSc1nnc(-c2ccc(F)cc2)n1Cc1ccccc1. The molecule has 28 heavy (non-hydrogen) atoms. The second-order valence-corrected chi connectivity index (χ2v) is 8.36. The Kier molecular flexibility index (Phi) is 6.07. The zero-order chi connectivity index (χ0) is 19.3. The topological polar surface area (TPSA) is 34.0 Å². The first-order valence-electron chi connectivity index (χ1n) is 9.77. The number of benzene rings is 2. The Morgan fingerprint density at radius 3 is 2.57 bits per heavy atom. The zero-order valence-corrected chi connectivity index (χ0v) is 16.9. The van der Waals surface area contributed by atoms with Gasteiger partial charge in [0.2, 0.25) is 0 Å². The molecule has 4 nitrogen and oxygen atoms in total. The summed E-state index contributed by atoms with van der Waals surface area (Å²) in [4.78, 5) is 2.46. The van der Waals surface area contributed by atoms with Crippen LogP contribution < -0.4 is 0 Å². The van der Waals surface area contributed by atoms with Crippen LogP contribution in [0.5, 0.6) is 0 Å². The van der Waals surface area contributed by atoms with E-state index in [0.717, 1.165) is 28.7 Å². The smallest absolute Gasteiger partial charge is 0.191 e. The van der Waals surface area contributed by atoms with Crippen LogP contribution in [0, 0.1) is 5.82 Å². The predicted molar refractivity (Wildman–Crippen MR) is 112 cm³/mol. The molecule has 0 amide bonds. The fourth-order valence-corrected chi connectivity index (χ4v) is 4.72. The molecule has 0 saturated carbocycles. The molecule has 0 bridgehead atoms. The summed E-state index contributed by atoms with van der Waals surface area (Å²) < 4.78 is 15.5. The van der Waals surface area contributed by atoms with E-state index in [-0.39, 0.29) is 5.82 Å². The van der Waals surface area contributed by atoms with Gasteiger partial charge in [-0.05, 0) is 62.7 Å². The van der Waals surface area contributed by atoms with Crippen LogP contribution in [-0.2, 0) is 6.54 Å². The van der Waals surface area contributed by atoms with Crippen molar-refractivity contribution in [3.8, 4) is 11.4 Å². The number of nitrogens with zero attached hydrogens (tertiary/aromatic N) is 4. The van der Waals surface area contributed by atoms with Crippen LogP contribution in [0.4, 0.5) is 4.39 Å². The number of halogens is 1. The van der Waals surface area contributed by atoms with Gasteiger partial charge in [0.1, 0.15) is 5.82 Å². The van der Waals surface area contributed by atoms with Gasteiger partial charge < -0.3 is 4.90 Å². The first-order chi connectivity index (χ1) is 13.7. The highest BCUT2D eigenvalue weighted by atomic mass is 32.2. The van der Waals surface area contributed by atoms with Crippen molar-refractivity contribution in [2.24, 2.45) is 0 Å². The van der Waals surface area contributed by atoms with Gasteiger partial charge in [-0.1, -0.05) is 42.1 Å². The Balaban J connectivity index is 1.55. The van der Waals surface area contributed by atoms with E-state index in [4.69, 9.17) is 0 Å². The quantitative estimate of drug-likeness (QED) is 0.542. The standard InChI is InChI=1S/C22H25FN4S/c1-26-14-5-8-20(26)13-15-28-22-25-24-21(18-9-11-19(23)12-10-18)27(22)16-17-6-3-2-4-7-17/h2-4,6-7,9-12,20H,5,8,13-16H2,1H3. The molecule has 2 aromatic carbocycles. The molecule has 0 radical (unpaired) electrons. The van der Waals surface area contributed by atoms with Gasteiger partial charge in [-0.15, -0.1) is 10.2 Å². The lowest BCUT2D eigenvalue weighted by Gasteiger charge is -2.18. The predicted octanol–water partition coefficient (Wildman–Crippen LogP) is 4.71. The van der Waals surface area contributed by atoms with E-state index in [1.807, 2.05) is 18.2 Å². The lowest BCUT2D eigenvalue weighted by Crippen LogP contribution is -2.25. The van der Waals surface area contributed by atoms with Crippen molar-refractivity contribution in [3.63, 3.8) is 0 Å². The summed E-state index contributed by atoms with van der Waals surface area (Å²) in [5.41, 5.74) is 2.08. The van der Waals surface area contributed by atoms with Crippen molar-refractivity contribution in [2.45, 2.75) is 37.0 Å². The van der Waals surface area contributed by atoms with Crippen molar-refractivity contribution in [1.82, 2.24) is 19.7 Å². The maximum absolute atomic E-state index is 13.4. The summed E-state index contributed by atoms with van der Waals surface area (Å²) >= 11 is 1.76. The van der Waals surface area contributed by atoms with Gasteiger partial charge in [0.25, 0.3) is 0 Å². The molecule has 1 aliphatic heterocycles. The van der Waals surface area contributed by atoms with Crippen molar-refractivity contribution >= 4 is 11.8 Å². The molecular formula is C22H25FN4S. The molecule has 1 saturated heterocycles. The molecule has 0 spiro atoms. The minimum atomic E-state index is -0.242. The Morgan fingerprint density at radius 1 is 1.07 bits per heavy atom. The minimum absolute atomic E-state index is 0.242. The summed E-state index contributed by atoms with van der Waals surface area (Å²) in [6, 6.07) is 17.5. The molecule has 2 heterocycles. The van der Waals surface area contributed by atoms with Crippen LogP contribution in [0.1, 0.15) is 24.8 Å². The molecule has 4 rings (SSSR count). The highest BCUT2D eigenvalue weighted by molar-refractivity contribution is 7.99. The van der Waals surface area contributed by atoms with Gasteiger partial charge in [0.15, 0.2) is 11.0 Å². The van der Waals surface area contributed by atoms with E-state index in [2.05, 4.69) is 38.8 Å². The molecule has 1 unspecified atom stereocenters. The van der Waals surface area contributed by atoms with Crippen molar-refractivity contribution in [2.75, 3.05) is 19.3 Å². The number of hydrogen-bond donors (Lipinski definition) is 0. The van der Waals surface area contributed by atoms with Crippen molar-refractivity contribution < 1.29 is 4.39 Å². The number of likely N-dealkylation sites (tertiary alicyclic amines) is 1. The lowest BCUT2D eigenvalue weighted by molar-refractivity contribution is 0.305. The molecule has 1 aliphatic rings. The summed E-state index contributed by atoms with van der Waals surface area (Å²) in [5, 5.41) is 9.82. The number of rotatable bonds is 7. The lowest BCUT2D eigenvalue weighted by atomic mass is 10.2. The molecule has 1 atom stereocenters. The largest absolute Gasteiger partial charge is 0.303 e. The number of hydrogen-bond acceptors (Lipinski definition) is 4. The normalized spacial score (nSPS) is 17.3. The third kappa shape index (κ3) is 4.45. The highest BCUT2D eigenvalue weighted by Gasteiger charge is 2.21. The zero-order valence-electron chi connectivity index (χ0n) is 16.1. The molecule has 0 aliphatic carbocycles. The summed E-state index contributed by atoms with van der Waals surface area (Å²) in [5.74, 6) is 1.56. The first-order valence-corrected chi connectivity index (χ1v) is 10.8. The average Bonchev–Trinajstić information content (AvgIpc) is 3.30. The molecule has 1 fully saturated rings. The summed E-state index contributed by atoms with van der Waals surface area (Å²) in [6.45, 7) is 1.90. The third-order valence-corrected chi connectivity index (χ3v) is 6.36. The van der Waals surface area contributed by atoms with Gasteiger partial charge in [-0.2, -0.15) is 0 Å². The Morgan fingerprint density at radius 2 is 1.86 bits per heavy atom. The van der Waals surface area contributed by atoms with Gasteiger partial charge in [0.05, 0.1) is 6.54 Å². The monoisotopic (exact) mass is 396 g/mol. The van der Waals surface area contributed by atoms with E-state index >= 15 is 0 Å². The Labute approximate surface area is 169 Å². The minimum Gasteiger partial charge on any atom is -0.303 e. The van der Waals surface area contributed by atoms with Crippen LogP contribution in [0.2, 0.25) is 0 Å².